The Morgan fingerprint density at radius 3 is 2.21 bits per heavy atom. The number of Topliss-reactive ketones (excluding diaryl/α,β-unsaturated/α-hetero) is 1. The molecule has 1 amide bonds. The Hall–Kier alpha value is -4.28. The second-order valence-electron chi connectivity index (χ2n) is 9.47. The van der Waals surface area contributed by atoms with E-state index >= 15 is 0 Å². The number of carboxylic acids is 1. The summed E-state index contributed by atoms with van der Waals surface area (Å²) in [5.74, 6) is -5.30. The number of phenolic OH excluding ortho intramolecular Hbond substituents is 2. The first kappa shape index (κ1) is 26.8. The third-order valence-corrected chi connectivity index (χ3v) is 6.88. The highest BCUT2D eigenvalue weighted by molar-refractivity contribution is 6.05. The summed E-state index contributed by atoms with van der Waals surface area (Å²) < 4.78 is 29.4. The summed E-state index contributed by atoms with van der Waals surface area (Å²) in [6.07, 6.45) is 3.47. The van der Waals surface area contributed by atoms with E-state index in [1.54, 1.807) is 11.6 Å². The van der Waals surface area contributed by atoms with Gasteiger partial charge in [-0.25, -0.2) is 8.78 Å². The first-order valence-corrected chi connectivity index (χ1v) is 12.1. The molecule has 1 heterocycles. The van der Waals surface area contributed by atoms with Crippen LogP contribution in [0, 0.1) is 24.5 Å². The molecule has 1 aromatic heterocycles. The minimum Gasteiger partial charge on any atom is -0.507 e. The summed E-state index contributed by atoms with van der Waals surface area (Å²) >= 11 is 0. The normalized spacial score (nSPS) is 17.2. The van der Waals surface area contributed by atoms with Crippen LogP contribution in [0.15, 0.2) is 42.6 Å². The van der Waals surface area contributed by atoms with Gasteiger partial charge in [0.05, 0.1) is 30.3 Å². The average molecular weight is 528 g/mol. The van der Waals surface area contributed by atoms with Crippen molar-refractivity contribution < 1.29 is 38.5 Å². The van der Waals surface area contributed by atoms with Crippen LogP contribution < -0.4 is 0 Å². The summed E-state index contributed by atoms with van der Waals surface area (Å²) in [5.41, 5.74) is 0.388. The number of carbonyl (C=O) groups is 3. The van der Waals surface area contributed by atoms with Crippen molar-refractivity contribution in [2.45, 2.75) is 45.2 Å². The third-order valence-electron chi connectivity index (χ3n) is 6.88. The largest absolute Gasteiger partial charge is 0.507 e. The van der Waals surface area contributed by atoms with Crippen molar-refractivity contribution in [2.24, 2.45) is 5.92 Å². The summed E-state index contributed by atoms with van der Waals surface area (Å²) in [5, 5.41) is 33.8. The Labute approximate surface area is 216 Å². The summed E-state index contributed by atoms with van der Waals surface area (Å²) in [6, 6.07) is 6.46. The van der Waals surface area contributed by atoms with Gasteiger partial charge in [-0.1, -0.05) is 6.07 Å². The Balaban J connectivity index is 1.62. The van der Waals surface area contributed by atoms with Gasteiger partial charge < -0.3 is 20.2 Å². The average Bonchev–Trinajstić information content (AvgIpc) is 3.23. The van der Waals surface area contributed by atoms with Gasteiger partial charge in [0.25, 0.3) is 5.91 Å². The summed E-state index contributed by atoms with van der Waals surface area (Å²) in [4.78, 5) is 39.0. The number of aromatic nitrogens is 2. The van der Waals surface area contributed by atoms with E-state index in [4.69, 9.17) is 0 Å². The van der Waals surface area contributed by atoms with Crippen LogP contribution in [-0.2, 0) is 11.3 Å². The Morgan fingerprint density at radius 1 is 1.03 bits per heavy atom. The topological polar surface area (TPSA) is 133 Å². The molecule has 200 valence electrons. The number of amides is 1. The molecule has 0 aliphatic heterocycles. The van der Waals surface area contributed by atoms with Gasteiger partial charge in [0.15, 0.2) is 5.78 Å². The van der Waals surface area contributed by atoms with Crippen molar-refractivity contribution in [3.63, 3.8) is 0 Å². The molecule has 0 radical (unpaired) electrons. The van der Waals surface area contributed by atoms with Crippen molar-refractivity contribution in [3.8, 4) is 11.5 Å². The van der Waals surface area contributed by atoms with Crippen LogP contribution in [0.4, 0.5) is 8.78 Å². The van der Waals surface area contributed by atoms with Gasteiger partial charge in [0, 0.05) is 18.3 Å². The molecular formula is C27H27F2N3O6. The van der Waals surface area contributed by atoms with Crippen LogP contribution >= 0.6 is 0 Å². The van der Waals surface area contributed by atoms with E-state index in [0.29, 0.717) is 37.4 Å². The van der Waals surface area contributed by atoms with Gasteiger partial charge in [-0.05, 0) is 62.4 Å². The molecule has 0 saturated heterocycles. The number of hydrogen-bond acceptors (Lipinski definition) is 6. The fourth-order valence-electron chi connectivity index (χ4n) is 4.93. The first-order chi connectivity index (χ1) is 18.0. The zero-order chi connectivity index (χ0) is 27.6. The van der Waals surface area contributed by atoms with E-state index in [-0.39, 0.29) is 29.3 Å². The predicted octanol–water partition coefficient (Wildman–Crippen LogP) is 4.22. The van der Waals surface area contributed by atoms with Gasteiger partial charge in [-0.15, -0.1) is 0 Å². The maximum absolute atomic E-state index is 13.9. The second-order valence-corrected chi connectivity index (χ2v) is 9.47. The lowest BCUT2D eigenvalue weighted by molar-refractivity contribution is -0.143. The lowest BCUT2D eigenvalue weighted by Crippen LogP contribution is -2.35. The molecule has 3 N–H and O–H groups in total. The predicted molar refractivity (Wildman–Crippen MR) is 131 cm³/mol. The fraction of sp³-hybridized carbons (Fsp3) is 0.333. The van der Waals surface area contributed by atoms with Crippen molar-refractivity contribution >= 4 is 17.7 Å². The third kappa shape index (κ3) is 5.66. The van der Waals surface area contributed by atoms with Crippen LogP contribution in [-0.4, -0.2) is 54.2 Å². The number of carbonyl (C=O) groups excluding carboxylic acids is 2. The van der Waals surface area contributed by atoms with Crippen LogP contribution in [0.1, 0.15) is 63.7 Å². The summed E-state index contributed by atoms with van der Waals surface area (Å²) in [6.45, 7) is 0.749. The smallest absolute Gasteiger partial charge is 0.306 e. The molecular weight excluding hydrogens is 500 g/mol. The summed E-state index contributed by atoms with van der Waals surface area (Å²) in [7, 11) is 0. The van der Waals surface area contributed by atoms with Crippen molar-refractivity contribution in [3.05, 3.63) is 76.6 Å². The minimum absolute atomic E-state index is 0.0993. The highest BCUT2D eigenvalue weighted by Gasteiger charge is 2.31. The number of rotatable bonds is 8. The molecule has 0 atom stereocenters. The number of benzene rings is 2. The monoisotopic (exact) mass is 527 g/mol. The van der Waals surface area contributed by atoms with Crippen LogP contribution in [0.5, 0.6) is 11.5 Å². The van der Waals surface area contributed by atoms with E-state index in [9.17, 15) is 38.5 Å². The number of halogens is 2. The minimum atomic E-state index is -0.849. The number of aliphatic carboxylic acids is 1. The van der Waals surface area contributed by atoms with Crippen molar-refractivity contribution in [2.75, 3.05) is 6.54 Å². The lowest BCUT2D eigenvalue weighted by atomic mass is 9.86. The SMILES string of the molecule is Cc1c(C(=O)N(CC(=O)c2c(O)cccc2O)Cc2cc(F)cc(F)c2)cnn1[C@H]1CC[C@H](C(=O)O)CC1. The first-order valence-electron chi connectivity index (χ1n) is 12.1. The molecule has 1 aliphatic carbocycles. The molecule has 4 rings (SSSR count). The standard InChI is InChI=1S/C27H27F2N3O6/c1-15-21(12-30-32(15)20-7-5-17(6-8-20)27(37)38)26(36)31(13-16-9-18(28)11-19(29)10-16)14-24(35)25-22(33)3-2-4-23(25)34/h2-4,9-12,17,20,33-34H,5-8,13-14H2,1H3,(H,37,38)/t17-,20-. The van der Waals surface area contributed by atoms with Gasteiger partial charge in [-0.2, -0.15) is 5.10 Å². The van der Waals surface area contributed by atoms with E-state index in [1.165, 1.54) is 24.4 Å². The van der Waals surface area contributed by atoms with E-state index in [2.05, 4.69) is 5.10 Å². The van der Waals surface area contributed by atoms with Crippen LogP contribution in [0.25, 0.3) is 0 Å². The second kappa shape index (κ2) is 11.0. The molecule has 1 saturated carbocycles. The zero-order valence-corrected chi connectivity index (χ0v) is 20.6. The molecule has 1 aliphatic rings. The fourth-order valence-corrected chi connectivity index (χ4v) is 4.93. The molecule has 11 heteroatoms. The number of aromatic hydroxyl groups is 2. The lowest BCUT2D eigenvalue weighted by Gasteiger charge is -2.27. The molecule has 0 bridgehead atoms. The number of carboxylic acid groups (broad SMARTS) is 1. The van der Waals surface area contributed by atoms with Crippen molar-refractivity contribution in [1.29, 1.82) is 0 Å². The number of ketones is 1. The van der Waals surface area contributed by atoms with Crippen molar-refractivity contribution in [1.82, 2.24) is 14.7 Å². The highest BCUT2D eigenvalue weighted by Crippen LogP contribution is 2.33. The van der Waals surface area contributed by atoms with E-state index in [1.807, 2.05) is 0 Å². The molecule has 2 aromatic carbocycles. The van der Waals surface area contributed by atoms with Crippen LogP contribution in [0.2, 0.25) is 0 Å². The molecule has 1 fully saturated rings. The maximum Gasteiger partial charge on any atom is 0.306 e. The number of hydrogen-bond donors (Lipinski definition) is 3. The van der Waals surface area contributed by atoms with Gasteiger partial charge >= 0.3 is 5.97 Å². The number of nitrogens with zero attached hydrogens (tertiary/aromatic N) is 3. The van der Waals surface area contributed by atoms with Gasteiger partial charge in [0.1, 0.15) is 28.7 Å². The Morgan fingerprint density at radius 2 is 1.63 bits per heavy atom. The van der Waals surface area contributed by atoms with E-state index < -0.39 is 53.3 Å². The Bertz CT molecular complexity index is 1340. The molecule has 9 nitrogen and oxygen atoms in total. The van der Waals surface area contributed by atoms with Gasteiger partial charge in [0.2, 0.25) is 0 Å². The van der Waals surface area contributed by atoms with Gasteiger partial charge in [-0.3, -0.25) is 19.1 Å². The highest BCUT2D eigenvalue weighted by atomic mass is 19.1. The Kier molecular flexibility index (Phi) is 7.75. The van der Waals surface area contributed by atoms with E-state index in [0.717, 1.165) is 17.0 Å². The quantitative estimate of drug-likeness (QED) is 0.374. The molecule has 3 aromatic rings. The van der Waals surface area contributed by atoms with Crippen LogP contribution in [0.3, 0.4) is 0 Å². The molecule has 0 unspecified atom stereocenters. The molecule has 38 heavy (non-hydrogen) atoms. The number of phenols is 2. The molecule has 0 spiro atoms. The zero-order valence-electron chi connectivity index (χ0n) is 20.6. The maximum atomic E-state index is 13.9.